The minimum absolute atomic E-state index is 0.127. The number of carbonyl (C=O) groups is 2. The van der Waals surface area contributed by atoms with E-state index in [0.717, 1.165) is 5.69 Å². The summed E-state index contributed by atoms with van der Waals surface area (Å²) in [7, 11) is 0. The van der Waals surface area contributed by atoms with Gasteiger partial charge in [-0.15, -0.1) is 5.10 Å². The summed E-state index contributed by atoms with van der Waals surface area (Å²) in [5, 5.41) is 20.0. The van der Waals surface area contributed by atoms with Crippen LogP contribution in [0.3, 0.4) is 0 Å². The molecule has 0 atom stereocenters. The molecular formula is C17H22N4O3. The highest BCUT2D eigenvalue weighted by atomic mass is 16.4. The molecular weight excluding hydrogens is 308 g/mol. The van der Waals surface area contributed by atoms with E-state index in [1.807, 2.05) is 44.2 Å². The summed E-state index contributed by atoms with van der Waals surface area (Å²) in [5.74, 6) is -1.34. The van der Waals surface area contributed by atoms with Crippen LogP contribution in [0.2, 0.25) is 0 Å². The zero-order chi connectivity index (χ0) is 17.7. The van der Waals surface area contributed by atoms with Crippen molar-refractivity contribution < 1.29 is 14.7 Å². The van der Waals surface area contributed by atoms with Crippen LogP contribution in [-0.2, 0) is 4.79 Å². The maximum atomic E-state index is 12.6. The highest BCUT2D eigenvalue weighted by Crippen LogP contribution is 2.21. The van der Waals surface area contributed by atoms with Crippen LogP contribution in [0.15, 0.2) is 30.3 Å². The molecule has 1 heterocycles. The topological polar surface area (TPSA) is 97.1 Å². The Morgan fingerprint density at radius 3 is 2.38 bits per heavy atom. The molecule has 0 spiro atoms. The molecule has 0 saturated heterocycles. The second-order valence-corrected chi connectivity index (χ2v) is 5.78. The van der Waals surface area contributed by atoms with E-state index in [1.54, 1.807) is 11.6 Å². The molecule has 24 heavy (non-hydrogen) atoms. The Bertz CT molecular complexity index is 721. The number of nitrogens with zero attached hydrogens (tertiary/aromatic N) is 3. The van der Waals surface area contributed by atoms with E-state index in [9.17, 15) is 9.59 Å². The van der Waals surface area contributed by atoms with Crippen molar-refractivity contribution in [1.29, 1.82) is 0 Å². The second kappa shape index (κ2) is 7.25. The molecule has 7 heteroatoms. The van der Waals surface area contributed by atoms with E-state index in [2.05, 4.69) is 15.6 Å². The van der Waals surface area contributed by atoms with Crippen molar-refractivity contribution in [3.8, 4) is 5.69 Å². The van der Waals surface area contributed by atoms with Gasteiger partial charge in [-0.05, 0) is 31.9 Å². The van der Waals surface area contributed by atoms with Crippen LogP contribution in [0.4, 0.5) is 0 Å². The van der Waals surface area contributed by atoms with Crippen LogP contribution in [0, 0.1) is 6.92 Å². The lowest BCUT2D eigenvalue weighted by molar-refractivity contribution is -0.138. The van der Waals surface area contributed by atoms with Crippen LogP contribution in [0.5, 0.6) is 0 Å². The van der Waals surface area contributed by atoms with Crippen molar-refractivity contribution in [3.05, 3.63) is 41.7 Å². The van der Waals surface area contributed by atoms with Crippen LogP contribution >= 0.6 is 0 Å². The first-order valence-electron chi connectivity index (χ1n) is 7.94. The summed E-state index contributed by atoms with van der Waals surface area (Å²) in [4.78, 5) is 23.7. The van der Waals surface area contributed by atoms with Gasteiger partial charge >= 0.3 is 5.97 Å². The third-order valence-corrected chi connectivity index (χ3v) is 4.33. The van der Waals surface area contributed by atoms with Crippen molar-refractivity contribution in [3.63, 3.8) is 0 Å². The summed E-state index contributed by atoms with van der Waals surface area (Å²) < 4.78 is 1.59. The molecule has 0 aliphatic heterocycles. The van der Waals surface area contributed by atoms with Gasteiger partial charge in [0.2, 0.25) is 0 Å². The van der Waals surface area contributed by atoms with Gasteiger partial charge < -0.3 is 10.4 Å². The first-order chi connectivity index (χ1) is 11.4. The third kappa shape index (κ3) is 3.61. The summed E-state index contributed by atoms with van der Waals surface area (Å²) in [5.41, 5.74) is 0.835. The summed E-state index contributed by atoms with van der Waals surface area (Å²) in [6.45, 7) is 5.49. The summed E-state index contributed by atoms with van der Waals surface area (Å²) in [6, 6.07) is 9.39. The molecule has 0 unspecified atom stereocenters. The van der Waals surface area contributed by atoms with Gasteiger partial charge in [-0.1, -0.05) is 37.3 Å². The average molecular weight is 330 g/mol. The van der Waals surface area contributed by atoms with Crippen molar-refractivity contribution in [1.82, 2.24) is 20.3 Å². The Balaban J connectivity index is 2.27. The number of aromatic nitrogens is 3. The number of carbonyl (C=O) groups excluding carboxylic acids is 1. The summed E-state index contributed by atoms with van der Waals surface area (Å²) in [6.07, 6.45) is 0.915. The molecule has 0 bridgehead atoms. The normalized spacial score (nSPS) is 11.3. The SMILES string of the molecule is CCC(CC)(CC(=O)O)NC(=O)c1nnn(-c2ccccc2)c1C. The van der Waals surface area contributed by atoms with Crippen molar-refractivity contribution in [2.75, 3.05) is 0 Å². The number of carboxylic acids is 1. The van der Waals surface area contributed by atoms with E-state index in [0.29, 0.717) is 18.5 Å². The molecule has 0 saturated carbocycles. The van der Waals surface area contributed by atoms with Crippen LogP contribution in [0.25, 0.3) is 5.69 Å². The van der Waals surface area contributed by atoms with Gasteiger partial charge in [0.1, 0.15) is 0 Å². The highest BCUT2D eigenvalue weighted by molar-refractivity contribution is 5.94. The maximum Gasteiger partial charge on any atom is 0.305 e. The molecule has 0 aliphatic carbocycles. The van der Waals surface area contributed by atoms with Gasteiger partial charge in [0.05, 0.1) is 23.3 Å². The number of para-hydroxylation sites is 1. The number of rotatable bonds is 7. The zero-order valence-electron chi connectivity index (χ0n) is 14.1. The van der Waals surface area contributed by atoms with E-state index in [1.165, 1.54) is 0 Å². The average Bonchev–Trinajstić information content (AvgIpc) is 2.96. The number of benzene rings is 1. The number of nitrogens with one attached hydrogen (secondary N) is 1. The molecule has 2 aromatic rings. The maximum absolute atomic E-state index is 12.6. The van der Waals surface area contributed by atoms with Gasteiger partial charge in [-0.25, -0.2) is 4.68 Å². The minimum atomic E-state index is -0.941. The van der Waals surface area contributed by atoms with Crippen molar-refractivity contribution >= 4 is 11.9 Å². The molecule has 1 aromatic heterocycles. The number of aliphatic carboxylic acids is 1. The standard InChI is InChI=1S/C17H22N4O3/c1-4-17(5-2,11-14(22)23)18-16(24)15-12(3)21(20-19-15)13-9-7-6-8-10-13/h6-10H,4-5,11H2,1-3H3,(H,18,24)(H,22,23). The fourth-order valence-electron chi connectivity index (χ4n) is 2.66. The van der Waals surface area contributed by atoms with Crippen molar-refractivity contribution in [2.45, 2.75) is 45.6 Å². The molecule has 0 fully saturated rings. The fraction of sp³-hybridized carbons (Fsp3) is 0.412. The number of hydrogen-bond acceptors (Lipinski definition) is 4. The molecule has 0 radical (unpaired) electrons. The lowest BCUT2D eigenvalue weighted by Gasteiger charge is -2.31. The first-order valence-corrected chi connectivity index (χ1v) is 7.94. The molecule has 0 aliphatic rings. The first kappa shape index (κ1) is 17.7. The predicted octanol–water partition coefficient (Wildman–Crippen LogP) is 2.34. The smallest absolute Gasteiger partial charge is 0.305 e. The van der Waals surface area contributed by atoms with E-state index in [4.69, 9.17) is 5.11 Å². The van der Waals surface area contributed by atoms with E-state index < -0.39 is 17.4 Å². The molecule has 1 amide bonds. The molecule has 128 valence electrons. The minimum Gasteiger partial charge on any atom is -0.481 e. The Morgan fingerprint density at radius 2 is 1.83 bits per heavy atom. The molecule has 7 nitrogen and oxygen atoms in total. The molecule has 2 N–H and O–H groups in total. The number of carboxylic acid groups (broad SMARTS) is 1. The lowest BCUT2D eigenvalue weighted by Crippen LogP contribution is -2.49. The molecule has 1 aromatic carbocycles. The second-order valence-electron chi connectivity index (χ2n) is 5.78. The Labute approximate surface area is 140 Å². The van der Waals surface area contributed by atoms with Crippen molar-refractivity contribution in [2.24, 2.45) is 0 Å². The van der Waals surface area contributed by atoms with Gasteiger partial charge in [0.25, 0.3) is 5.91 Å². The van der Waals surface area contributed by atoms with Gasteiger partial charge in [0, 0.05) is 0 Å². The Kier molecular flexibility index (Phi) is 5.33. The molecule has 2 rings (SSSR count). The highest BCUT2D eigenvalue weighted by Gasteiger charge is 2.32. The number of amides is 1. The summed E-state index contributed by atoms with van der Waals surface area (Å²) >= 11 is 0. The van der Waals surface area contributed by atoms with Crippen LogP contribution < -0.4 is 5.32 Å². The van der Waals surface area contributed by atoms with Gasteiger partial charge in [-0.3, -0.25) is 9.59 Å². The fourth-order valence-corrected chi connectivity index (χ4v) is 2.66. The van der Waals surface area contributed by atoms with Crippen LogP contribution in [0.1, 0.15) is 49.3 Å². The zero-order valence-corrected chi connectivity index (χ0v) is 14.1. The third-order valence-electron chi connectivity index (χ3n) is 4.33. The monoisotopic (exact) mass is 330 g/mol. The number of hydrogen-bond donors (Lipinski definition) is 2. The van der Waals surface area contributed by atoms with Gasteiger partial charge in [-0.2, -0.15) is 0 Å². The van der Waals surface area contributed by atoms with Gasteiger partial charge in [0.15, 0.2) is 5.69 Å². The van der Waals surface area contributed by atoms with Crippen LogP contribution in [-0.4, -0.2) is 37.5 Å². The quantitative estimate of drug-likeness (QED) is 0.812. The predicted molar refractivity (Wildman–Crippen MR) is 89.1 cm³/mol. The Morgan fingerprint density at radius 1 is 1.21 bits per heavy atom. The largest absolute Gasteiger partial charge is 0.481 e. The lowest BCUT2D eigenvalue weighted by atomic mass is 9.88. The van der Waals surface area contributed by atoms with E-state index in [-0.39, 0.29) is 12.1 Å². The van der Waals surface area contributed by atoms with E-state index >= 15 is 0 Å². The Hall–Kier alpha value is -2.70.